The summed E-state index contributed by atoms with van der Waals surface area (Å²) in [5.74, 6) is -0.653. The zero-order valence-electron chi connectivity index (χ0n) is 20.4. The molecule has 0 heterocycles. The van der Waals surface area contributed by atoms with Gasteiger partial charge in [-0.3, -0.25) is 0 Å². The predicted octanol–water partition coefficient (Wildman–Crippen LogP) is 6.84. The van der Waals surface area contributed by atoms with Crippen LogP contribution in [0.1, 0.15) is 65.1 Å². The van der Waals surface area contributed by atoms with Gasteiger partial charge in [-0.1, -0.05) is 69.3 Å². The summed E-state index contributed by atoms with van der Waals surface area (Å²) in [7, 11) is 1.40. The molecule has 4 rings (SSSR count). The summed E-state index contributed by atoms with van der Waals surface area (Å²) < 4.78 is 10.3. The third-order valence-corrected chi connectivity index (χ3v) is 6.20. The lowest BCUT2D eigenvalue weighted by atomic mass is 9.82. The lowest BCUT2D eigenvalue weighted by Crippen LogP contribution is -2.13. The summed E-state index contributed by atoms with van der Waals surface area (Å²) in [5.41, 5.74) is 4.45. The normalized spacial score (nSPS) is 11.6. The molecule has 0 aliphatic rings. The molecule has 4 nitrogen and oxygen atoms in total. The highest BCUT2D eigenvalue weighted by molar-refractivity contribution is 6.07. The van der Waals surface area contributed by atoms with Gasteiger partial charge in [0, 0.05) is 0 Å². The predicted molar refractivity (Wildman–Crippen MR) is 137 cm³/mol. The average molecular weight is 455 g/mol. The van der Waals surface area contributed by atoms with Crippen molar-refractivity contribution in [3.8, 4) is 0 Å². The van der Waals surface area contributed by atoms with E-state index in [0.717, 1.165) is 32.7 Å². The first-order valence-electron chi connectivity index (χ1n) is 11.6. The Bertz CT molecular complexity index is 1390. The molecular weight excluding hydrogens is 424 g/mol. The highest BCUT2D eigenvalue weighted by Gasteiger charge is 2.21. The molecule has 4 aromatic rings. The fourth-order valence-corrected chi connectivity index (χ4v) is 4.57. The van der Waals surface area contributed by atoms with E-state index in [0.29, 0.717) is 24.2 Å². The third kappa shape index (κ3) is 4.41. The number of esters is 2. The van der Waals surface area contributed by atoms with Crippen molar-refractivity contribution in [1.29, 1.82) is 0 Å². The molecule has 0 unspecified atom stereocenters. The Morgan fingerprint density at radius 3 is 2.12 bits per heavy atom. The van der Waals surface area contributed by atoms with E-state index >= 15 is 0 Å². The van der Waals surface area contributed by atoms with Crippen molar-refractivity contribution in [1.82, 2.24) is 0 Å². The van der Waals surface area contributed by atoms with Gasteiger partial charge in [0.1, 0.15) is 0 Å². The molecule has 0 saturated heterocycles. The van der Waals surface area contributed by atoms with Crippen molar-refractivity contribution < 1.29 is 19.1 Å². The van der Waals surface area contributed by atoms with Crippen LogP contribution in [-0.4, -0.2) is 25.7 Å². The van der Waals surface area contributed by atoms with E-state index in [-0.39, 0.29) is 17.4 Å². The number of benzene rings is 4. The van der Waals surface area contributed by atoms with Crippen molar-refractivity contribution in [2.75, 3.05) is 13.7 Å². The van der Waals surface area contributed by atoms with Crippen LogP contribution in [0.5, 0.6) is 0 Å². The van der Waals surface area contributed by atoms with E-state index in [1.807, 2.05) is 55.5 Å². The minimum atomic E-state index is -0.345. The number of carbonyl (C=O) groups excluding carboxylic acids is 2. The van der Waals surface area contributed by atoms with Crippen LogP contribution < -0.4 is 0 Å². The van der Waals surface area contributed by atoms with E-state index in [9.17, 15) is 9.59 Å². The highest BCUT2D eigenvalue weighted by Crippen LogP contribution is 2.34. The Morgan fingerprint density at radius 1 is 0.765 bits per heavy atom. The van der Waals surface area contributed by atoms with E-state index in [4.69, 9.17) is 9.47 Å². The summed E-state index contributed by atoms with van der Waals surface area (Å²) in [6, 6.07) is 21.9. The monoisotopic (exact) mass is 454 g/mol. The van der Waals surface area contributed by atoms with Gasteiger partial charge in [0.15, 0.2) is 0 Å². The quantitative estimate of drug-likeness (QED) is 0.310. The van der Waals surface area contributed by atoms with Crippen LogP contribution in [0.3, 0.4) is 0 Å². The van der Waals surface area contributed by atoms with E-state index in [2.05, 4.69) is 39.0 Å². The summed E-state index contributed by atoms with van der Waals surface area (Å²) >= 11 is 0. The molecule has 0 N–H and O–H groups in total. The second kappa shape index (κ2) is 9.30. The van der Waals surface area contributed by atoms with Crippen LogP contribution in [-0.2, 0) is 21.3 Å². The lowest BCUT2D eigenvalue weighted by Gasteiger charge is -2.23. The molecule has 0 spiro atoms. The topological polar surface area (TPSA) is 52.6 Å². The molecule has 0 amide bonds. The van der Waals surface area contributed by atoms with Gasteiger partial charge < -0.3 is 9.47 Å². The molecule has 0 bridgehead atoms. The molecule has 0 saturated carbocycles. The number of hydrogen-bond acceptors (Lipinski definition) is 4. The molecule has 0 aliphatic heterocycles. The van der Waals surface area contributed by atoms with Crippen molar-refractivity contribution in [3.05, 3.63) is 94.5 Å². The maximum Gasteiger partial charge on any atom is 0.338 e. The summed E-state index contributed by atoms with van der Waals surface area (Å²) in [4.78, 5) is 25.0. The molecule has 4 heteroatoms. The molecule has 0 radical (unpaired) electrons. The first-order valence-corrected chi connectivity index (χ1v) is 11.6. The average Bonchev–Trinajstić information content (AvgIpc) is 2.82. The molecule has 0 aliphatic carbocycles. The highest BCUT2D eigenvalue weighted by atomic mass is 16.5. The van der Waals surface area contributed by atoms with E-state index in [1.54, 1.807) is 0 Å². The Balaban J connectivity index is 1.85. The molecule has 34 heavy (non-hydrogen) atoms. The largest absolute Gasteiger partial charge is 0.465 e. The fourth-order valence-electron chi connectivity index (χ4n) is 4.57. The summed E-state index contributed by atoms with van der Waals surface area (Å²) in [5, 5.41) is 3.85. The van der Waals surface area contributed by atoms with Gasteiger partial charge in [-0.05, 0) is 75.2 Å². The second-order valence-corrected chi connectivity index (χ2v) is 9.50. The van der Waals surface area contributed by atoms with Gasteiger partial charge in [-0.25, -0.2) is 9.59 Å². The zero-order valence-corrected chi connectivity index (χ0v) is 20.4. The number of methoxy groups -OCH3 is 1. The van der Waals surface area contributed by atoms with Crippen LogP contribution >= 0.6 is 0 Å². The Labute approximate surface area is 200 Å². The van der Waals surface area contributed by atoms with Gasteiger partial charge in [0.2, 0.25) is 0 Å². The smallest absolute Gasteiger partial charge is 0.338 e. The van der Waals surface area contributed by atoms with Crippen LogP contribution in [0, 0.1) is 0 Å². The molecule has 174 valence electrons. The first kappa shape index (κ1) is 23.5. The van der Waals surface area contributed by atoms with Crippen LogP contribution in [0.4, 0.5) is 0 Å². The third-order valence-electron chi connectivity index (χ3n) is 6.20. The first-order chi connectivity index (χ1) is 16.2. The summed E-state index contributed by atoms with van der Waals surface area (Å²) in [6.07, 6.45) is 0.667. The lowest BCUT2D eigenvalue weighted by molar-refractivity contribution is 0.0527. The van der Waals surface area contributed by atoms with Crippen molar-refractivity contribution in [2.24, 2.45) is 0 Å². The van der Waals surface area contributed by atoms with Crippen molar-refractivity contribution in [2.45, 2.75) is 39.5 Å². The van der Waals surface area contributed by atoms with Crippen molar-refractivity contribution >= 4 is 33.5 Å². The van der Waals surface area contributed by atoms with Crippen LogP contribution in [0.25, 0.3) is 21.5 Å². The van der Waals surface area contributed by atoms with Gasteiger partial charge in [-0.2, -0.15) is 0 Å². The Kier molecular flexibility index (Phi) is 6.43. The number of carbonyl (C=O) groups is 2. The molecule has 0 aromatic heterocycles. The van der Waals surface area contributed by atoms with Gasteiger partial charge >= 0.3 is 11.9 Å². The van der Waals surface area contributed by atoms with Gasteiger partial charge in [0.25, 0.3) is 0 Å². The minimum Gasteiger partial charge on any atom is -0.465 e. The van der Waals surface area contributed by atoms with E-state index < -0.39 is 0 Å². The van der Waals surface area contributed by atoms with Crippen LogP contribution in [0.15, 0.2) is 66.7 Å². The number of hydrogen-bond donors (Lipinski definition) is 0. The second-order valence-electron chi connectivity index (χ2n) is 9.50. The molecular formula is C30H30O4. The number of fused-ring (bicyclic) bond motifs is 2. The Morgan fingerprint density at radius 2 is 1.44 bits per heavy atom. The van der Waals surface area contributed by atoms with Gasteiger partial charge in [-0.15, -0.1) is 0 Å². The SMILES string of the molecule is CCOC(=O)c1ccc(C(C)(C)C)c2ccc(Cc3ccc(C(=O)OC)c4ccccc34)cc12. The maximum atomic E-state index is 12.7. The zero-order chi connectivity index (χ0) is 24.5. The number of rotatable bonds is 5. The molecule has 0 fully saturated rings. The maximum absolute atomic E-state index is 12.7. The van der Waals surface area contributed by atoms with Crippen molar-refractivity contribution in [3.63, 3.8) is 0 Å². The minimum absolute atomic E-state index is 0.0626. The van der Waals surface area contributed by atoms with Crippen LogP contribution in [0.2, 0.25) is 0 Å². The standard InChI is InChI=1S/C30H30O4/c1-6-34-29(32)25-15-16-27(30(2,3)4)23-13-11-19(18-26(23)25)17-20-12-14-24(28(31)33-5)22-10-8-7-9-21(20)22/h7-16,18H,6,17H2,1-5H3. The summed E-state index contributed by atoms with van der Waals surface area (Å²) in [6.45, 7) is 8.68. The Hall–Kier alpha value is -3.66. The molecule has 0 atom stereocenters. The number of ether oxygens (including phenoxy) is 2. The molecule has 4 aromatic carbocycles. The van der Waals surface area contributed by atoms with Gasteiger partial charge in [0.05, 0.1) is 24.8 Å². The van der Waals surface area contributed by atoms with E-state index in [1.165, 1.54) is 12.7 Å². The fraction of sp³-hybridized carbons (Fsp3) is 0.267.